The van der Waals surface area contributed by atoms with Crippen molar-refractivity contribution in [3.8, 4) is 5.75 Å². The lowest BCUT2D eigenvalue weighted by Crippen LogP contribution is -2.20. The minimum Gasteiger partial charge on any atom is -0.488 e. The maximum absolute atomic E-state index is 11.5. The Labute approximate surface area is 127 Å². The highest BCUT2D eigenvalue weighted by Crippen LogP contribution is 2.40. The number of aliphatic hydroxyl groups excluding tert-OH is 1. The molecule has 1 saturated carbocycles. The second kappa shape index (κ2) is 6.03. The van der Waals surface area contributed by atoms with Gasteiger partial charge >= 0.3 is 5.97 Å². The Morgan fingerprint density at radius 3 is 2.71 bits per heavy atom. The first kappa shape index (κ1) is 14.4. The summed E-state index contributed by atoms with van der Waals surface area (Å²) in [5, 5.41) is 19.5. The highest BCUT2D eigenvalue weighted by Gasteiger charge is 2.23. The Morgan fingerprint density at radius 2 is 2.05 bits per heavy atom. The molecule has 0 amide bonds. The number of hydrogen-bond acceptors (Lipinski definition) is 4. The topological polar surface area (TPSA) is 66.8 Å². The third-order valence-corrected chi connectivity index (χ3v) is 5.06. The number of fused-ring (bicyclic) bond motifs is 1. The average molecular weight is 306 g/mol. The van der Waals surface area contributed by atoms with Gasteiger partial charge in [0.25, 0.3) is 0 Å². The molecule has 1 aromatic carbocycles. The molecule has 0 atom stereocenters. The predicted molar refractivity (Wildman–Crippen MR) is 82.2 cm³/mol. The van der Waals surface area contributed by atoms with E-state index in [1.807, 2.05) is 18.2 Å². The lowest BCUT2D eigenvalue weighted by atomic mass is 9.98. The minimum absolute atomic E-state index is 0.0585. The van der Waals surface area contributed by atoms with E-state index in [-0.39, 0.29) is 17.6 Å². The number of aliphatic hydroxyl groups is 1. The molecule has 0 radical (unpaired) electrons. The summed E-state index contributed by atoms with van der Waals surface area (Å²) >= 11 is 1.23. The summed E-state index contributed by atoms with van der Waals surface area (Å²) in [5.41, 5.74) is 0.769. The van der Waals surface area contributed by atoms with E-state index in [9.17, 15) is 15.0 Å². The van der Waals surface area contributed by atoms with E-state index in [1.54, 1.807) is 0 Å². The summed E-state index contributed by atoms with van der Waals surface area (Å²) in [7, 11) is 0. The number of aromatic carboxylic acids is 1. The fourth-order valence-corrected chi connectivity index (χ4v) is 3.78. The largest absolute Gasteiger partial charge is 0.488 e. The van der Waals surface area contributed by atoms with E-state index in [1.165, 1.54) is 17.8 Å². The normalized spacial score (nSPS) is 16.2. The molecule has 3 rings (SSSR count). The third kappa shape index (κ3) is 2.89. The molecule has 4 nitrogen and oxygen atoms in total. The lowest BCUT2D eigenvalue weighted by molar-refractivity contribution is 0.0693. The molecule has 112 valence electrons. The summed E-state index contributed by atoms with van der Waals surface area (Å²) < 4.78 is 6.93. The van der Waals surface area contributed by atoms with Crippen LogP contribution in [0.4, 0.5) is 0 Å². The molecule has 0 saturated heterocycles. The van der Waals surface area contributed by atoms with Crippen molar-refractivity contribution in [2.45, 2.75) is 44.8 Å². The van der Waals surface area contributed by atoms with Crippen LogP contribution in [0.15, 0.2) is 18.2 Å². The Bertz CT molecular complexity index is 656. The average Bonchev–Trinajstić information content (AvgIpc) is 2.86. The standard InChI is InChI=1S/C16H18O4S/c17-9-10-6-7-13-12(8-10)14(15(21-13)16(18)19)20-11-4-2-1-3-5-11/h6-8,11,17H,1-5,9H2,(H,18,19). The van der Waals surface area contributed by atoms with Crippen LogP contribution in [-0.2, 0) is 6.61 Å². The highest BCUT2D eigenvalue weighted by molar-refractivity contribution is 7.21. The highest BCUT2D eigenvalue weighted by atomic mass is 32.1. The van der Waals surface area contributed by atoms with Crippen LogP contribution in [0.2, 0.25) is 0 Å². The molecular weight excluding hydrogens is 288 g/mol. The fraction of sp³-hybridized carbons (Fsp3) is 0.438. The maximum atomic E-state index is 11.5. The zero-order chi connectivity index (χ0) is 14.8. The van der Waals surface area contributed by atoms with Gasteiger partial charge in [-0.1, -0.05) is 12.5 Å². The van der Waals surface area contributed by atoms with Gasteiger partial charge in [-0.3, -0.25) is 0 Å². The van der Waals surface area contributed by atoms with Gasteiger partial charge in [-0.05, 0) is 43.4 Å². The molecule has 21 heavy (non-hydrogen) atoms. The van der Waals surface area contributed by atoms with Crippen LogP contribution in [0.3, 0.4) is 0 Å². The zero-order valence-electron chi connectivity index (χ0n) is 11.7. The zero-order valence-corrected chi connectivity index (χ0v) is 12.5. The van der Waals surface area contributed by atoms with Crippen molar-refractivity contribution in [2.24, 2.45) is 0 Å². The molecule has 1 aliphatic carbocycles. The lowest BCUT2D eigenvalue weighted by Gasteiger charge is -2.23. The van der Waals surface area contributed by atoms with Crippen molar-refractivity contribution in [1.82, 2.24) is 0 Å². The number of hydrogen-bond donors (Lipinski definition) is 2. The SMILES string of the molecule is O=C(O)c1sc2ccc(CO)cc2c1OC1CCCCC1. The molecule has 1 aliphatic rings. The summed E-state index contributed by atoms with van der Waals surface area (Å²) in [6.07, 6.45) is 5.57. The summed E-state index contributed by atoms with van der Waals surface area (Å²) in [4.78, 5) is 11.7. The first-order valence-electron chi connectivity index (χ1n) is 7.25. The van der Waals surface area contributed by atoms with Crippen LogP contribution in [0.5, 0.6) is 5.75 Å². The first-order chi connectivity index (χ1) is 10.2. The molecule has 0 aliphatic heterocycles. The fourth-order valence-electron chi connectivity index (χ4n) is 2.83. The molecular formula is C16H18O4S. The molecule has 0 spiro atoms. The Balaban J connectivity index is 2.03. The molecule has 5 heteroatoms. The molecule has 1 aromatic heterocycles. The summed E-state index contributed by atoms with van der Waals surface area (Å²) in [6.45, 7) is -0.0585. The van der Waals surface area contributed by atoms with Gasteiger partial charge in [0, 0.05) is 10.1 Å². The van der Waals surface area contributed by atoms with E-state index in [2.05, 4.69) is 0 Å². The van der Waals surface area contributed by atoms with E-state index >= 15 is 0 Å². The maximum Gasteiger partial charge on any atom is 0.349 e. The van der Waals surface area contributed by atoms with E-state index in [4.69, 9.17) is 4.74 Å². The van der Waals surface area contributed by atoms with E-state index < -0.39 is 5.97 Å². The predicted octanol–water partition coefficient (Wildman–Crippen LogP) is 3.80. The van der Waals surface area contributed by atoms with Gasteiger partial charge in [0.2, 0.25) is 0 Å². The molecule has 2 N–H and O–H groups in total. The van der Waals surface area contributed by atoms with Gasteiger partial charge in [-0.15, -0.1) is 11.3 Å². The number of carboxylic acids is 1. The monoisotopic (exact) mass is 306 g/mol. The van der Waals surface area contributed by atoms with Gasteiger partial charge in [-0.25, -0.2) is 4.79 Å². The second-order valence-electron chi connectivity index (χ2n) is 5.43. The Kier molecular flexibility index (Phi) is 4.12. The second-order valence-corrected chi connectivity index (χ2v) is 6.48. The Hall–Kier alpha value is -1.59. The number of rotatable bonds is 4. The van der Waals surface area contributed by atoms with Crippen LogP contribution < -0.4 is 4.74 Å². The van der Waals surface area contributed by atoms with Crippen LogP contribution in [0.25, 0.3) is 10.1 Å². The molecule has 0 bridgehead atoms. The van der Waals surface area contributed by atoms with Gasteiger partial charge < -0.3 is 14.9 Å². The van der Waals surface area contributed by atoms with Gasteiger partial charge in [0.15, 0.2) is 10.6 Å². The number of carboxylic acid groups (broad SMARTS) is 1. The minimum atomic E-state index is -0.951. The smallest absolute Gasteiger partial charge is 0.349 e. The number of ether oxygens (including phenoxy) is 1. The van der Waals surface area contributed by atoms with Crippen LogP contribution in [-0.4, -0.2) is 22.3 Å². The van der Waals surface area contributed by atoms with Gasteiger partial charge in [0.1, 0.15) is 0 Å². The number of thiophene rings is 1. The first-order valence-corrected chi connectivity index (χ1v) is 8.07. The van der Waals surface area contributed by atoms with Gasteiger partial charge in [-0.2, -0.15) is 0 Å². The van der Waals surface area contributed by atoms with Crippen LogP contribution >= 0.6 is 11.3 Å². The molecule has 1 heterocycles. The molecule has 2 aromatic rings. The van der Waals surface area contributed by atoms with Crippen molar-refractivity contribution >= 4 is 27.4 Å². The van der Waals surface area contributed by atoms with Crippen molar-refractivity contribution in [3.05, 3.63) is 28.6 Å². The van der Waals surface area contributed by atoms with Crippen molar-refractivity contribution in [2.75, 3.05) is 0 Å². The summed E-state index contributed by atoms with van der Waals surface area (Å²) in [5.74, 6) is -0.475. The van der Waals surface area contributed by atoms with E-state index in [0.29, 0.717) is 5.75 Å². The molecule has 0 unspecified atom stereocenters. The van der Waals surface area contributed by atoms with Crippen molar-refractivity contribution in [1.29, 1.82) is 0 Å². The summed E-state index contributed by atoms with van der Waals surface area (Å²) in [6, 6.07) is 5.50. The van der Waals surface area contributed by atoms with E-state index in [0.717, 1.165) is 41.3 Å². The number of benzene rings is 1. The van der Waals surface area contributed by atoms with Crippen molar-refractivity contribution in [3.63, 3.8) is 0 Å². The third-order valence-electron chi connectivity index (χ3n) is 3.92. The quantitative estimate of drug-likeness (QED) is 0.901. The van der Waals surface area contributed by atoms with Crippen molar-refractivity contribution < 1.29 is 19.7 Å². The number of carbonyl (C=O) groups is 1. The van der Waals surface area contributed by atoms with Gasteiger partial charge in [0.05, 0.1) is 12.7 Å². The van der Waals surface area contributed by atoms with Crippen LogP contribution in [0.1, 0.15) is 47.3 Å². The Morgan fingerprint density at radius 1 is 1.29 bits per heavy atom. The van der Waals surface area contributed by atoms with Crippen LogP contribution in [0, 0.1) is 0 Å². The molecule has 1 fully saturated rings.